The topological polar surface area (TPSA) is 77.0 Å². The van der Waals surface area contributed by atoms with Gasteiger partial charge in [-0.05, 0) is 25.8 Å². The number of benzene rings is 1. The molecule has 0 saturated carbocycles. The van der Waals surface area contributed by atoms with Gasteiger partial charge in [0, 0.05) is 25.8 Å². The summed E-state index contributed by atoms with van der Waals surface area (Å²) in [5.74, 6) is 0.282. The van der Waals surface area contributed by atoms with Gasteiger partial charge in [0.15, 0.2) is 10.9 Å². The fraction of sp³-hybridized carbons (Fsp3) is 0.438. The Morgan fingerprint density at radius 1 is 1.39 bits per heavy atom. The number of hydrogen-bond acceptors (Lipinski definition) is 5. The van der Waals surface area contributed by atoms with Crippen LogP contribution in [-0.2, 0) is 11.3 Å². The predicted octanol–water partition coefficient (Wildman–Crippen LogP) is 2.20. The highest BCUT2D eigenvalue weighted by molar-refractivity contribution is 7.99. The first kappa shape index (κ1) is 17.5. The lowest BCUT2D eigenvalue weighted by Crippen LogP contribution is -2.18. The number of carbonyl (C=O) groups is 1. The van der Waals surface area contributed by atoms with Crippen LogP contribution in [0.15, 0.2) is 28.2 Å². The fourth-order valence-corrected chi connectivity index (χ4v) is 3.17. The van der Waals surface area contributed by atoms with E-state index in [1.165, 1.54) is 11.8 Å². The van der Waals surface area contributed by atoms with Crippen molar-refractivity contribution in [2.24, 2.45) is 0 Å². The predicted molar refractivity (Wildman–Crippen MR) is 90.3 cm³/mol. The van der Waals surface area contributed by atoms with Crippen molar-refractivity contribution >= 4 is 17.5 Å². The van der Waals surface area contributed by atoms with Gasteiger partial charge in [-0.15, -0.1) is 5.10 Å². The lowest BCUT2D eigenvalue weighted by molar-refractivity contribution is 0.102. The zero-order chi connectivity index (χ0) is 16.8. The molecule has 6 nitrogen and oxygen atoms in total. The largest absolute Gasteiger partial charge is 0.385 e. The third kappa shape index (κ3) is 4.56. The number of ketones is 1. The number of nitrogens with zero attached hydrogens (tertiary/aromatic N) is 2. The molecule has 0 aliphatic rings. The maximum atomic E-state index is 12.4. The molecular weight excluding hydrogens is 314 g/mol. The molecule has 0 unspecified atom stereocenters. The van der Waals surface area contributed by atoms with Crippen molar-refractivity contribution in [1.29, 1.82) is 0 Å². The van der Waals surface area contributed by atoms with Gasteiger partial charge in [-0.25, -0.2) is 9.89 Å². The maximum Gasteiger partial charge on any atom is 0.343 e. The summed E-state index contributed by atoms with van der Waals surface area (Å²) in [4.78, 5) is 24.1. The van der Waals surface area contributed by atoms with Crippen LogP contribution in [0, 0.1) is 13.8 Å². The molecule has 1 heterocycles. The van der Waals surface area contributed by atoms with Gasteiger partial charge in [-0.1, -0.05) is 35.5 Å². The Hall–Kier alpha value is -1.86. The van der Waals surface area contributed by atoms with E-state index in [0.29, 0.717) is 30.3 Å². The summed E-state index contributed by atoms with van der Waals surface area (Å²) in [6.45, 7) is 5.02. The minimum atomic E-state index is -0.262. The molecule has 0 amide bonds. The quantitative estimate of drug-likeness (QED) is 0.455. The van der Waals surface area contributed by atoms with Crippen LogP contribution in [0.2, 0.25) is 0 Å². The zero-order valence-corrected chi connectivity index (χ0v) is 14.4. The molecule has 0 spiro atoms. The van der Waals surface area contributed by atoms with Crippen LogP contribution in [0.3, 0.4) is 0 Å². The summed E-state index contributed by atoms with van der Waals surface area (Å²) in [6.07, 6.45) is 0.717. The maximum absolute atomic E-state index is 12.4. The van der Waals surface area contributed by atoms with E-state index in [1.807, 2.05) is 32.0 Å². The summed E-state index contributed by atoms with van der Waals surface area (Å²) in [5, 5.41) is 6.95. The van der Waals surface area contributed by atoms with E-state index in [1.54, 1.807) is 11.7 Å². The molecule has 0 saturated heterocycles. The molecule has 0 atom stereocenters. The third-order valence-corrected chi connectivity index (χ3v) is 4.44. The summed E-state index contributed by atoms with van der Waals surface area (Å²) in [6, 6.07) is 5.77. The molecule has 0 fully saturated rings. The van der Waals surface area contributed by atoms with E-state index in [0.717, 1.165) is 11.1 Å². The van der Waals surface area contributed by atoms with Gasteiger partial charge >= 0.3 is 5.69 Å². The number of carbonyl (C=O) groups excluding carboxylic acids is 1. The number of rotatable bonds is 8. The van der Waals surface area contributed by atoms with Crippen LogP contribution in [-0.4, -0.2) is 40.0 Å². The van der Waals surface area contributed by atoms with Crippen LogP contribution >= 0.6 is 11.8 Å². The molecular formula is C16H21N3O3S. The first-order valence-electron chi connectivity index (χ1n) is 7.40. The number of hydrogen-bond donors (Lipinski definition) is 1. The van der Waals surface area contributed by atoms with Crippen LogP contribution in [0.5, 0.6) is 0 Å². The van der Waals surface area contributed by atoms with Crippen molar-refractivity contribution in [3.63, 3.8) is 0 Å². The van der Waals surface area contributed by atoms with E-state index in [4.69, 9.17) is 4.74 Å². The van der Waals surface area contributed by atoms with Crippen molar-refractivity contribution in [3.8, 4) is 0 Å². The minimum Gasteiger partial charge on any atom is -0.385 e. The average Bonchev–Trinajstić information content (AvgIpc) is 2.86. The number of ether oxygens (including phenoxy) is 1. The van der Waals surface area contributed by atoms with Crippen LogP contribution in [0.25, 0.3) is 0 Å². The normalized spacial score (nSPS) is 10.9. The van der Waals surface area contributed by atoms with E-state index < -0.39 is 0 Å². The Morgan fingerprint density at radius 3 is 2.87 bits per heavy atom. The molecule has 0 radical (unpaired) electrons. The highest BCUT2D eigenvalue weighted by Crippen LogP contribution is 2.18. The van der Waals surface area contributed by atoms with Crippen molar-refractivity contribution in [2.75, 3.05) is 19.5 Å². The highest BCUT2D eigenvalue weighted by Gasteiger charge is 2.14. The lowest BCUT2D eigenvalue weighted by Gasteiger charge is -2.07. The van der Waals surface area contributed by atoms with Gasteiger partial charge in [-0.3, -0.25) is 9.36 Å². The molecule has 23 heavy (non-hydrogen) atoms. The first-order valence-corrected chi connectivity index (χ1v) is 8.39. The smallest absolute Gasteiger partial charge is 0.343 e. The summed E-state index contributed by atoms with van der Waals surface area (Å²) < 4.78 is 6.53. The Morgan fingerprint density at radius 2 is 2.17 bits per heavy atom. The van der Waals surface area contributed by atoms with Crippen molar-refractivity contribution < 1.29 is 9.53 Å². The number of nitrogens with one attached hydrogen (secondary N) is 1. The first-order chi connectivity index (χ1) is 11.0. The highest BCUT2D eigenvalue weighted by atomic mass is 32.2. The van der Waals surface area contributed by atoms with Gasteiger partial charge in [0.1, 0.15) is 0 Å². The molecule has 124 valence electrons. The van der Waals surface area contributed by atoms with E-state index in [2.05, 4.69) is 10.2 Å². The molecule has 0 bridgehead atoms. The molecule has 1 aromatic carbocycles. The Bertz CT molecular complexity index is 736. The third-order valence-electron chi connectivity index (χ3n) is 3.47. The van der Waals surface area contributed by atoms with Crippen LogP contribution in [0.4, 0.5) is 0 Å². The Kier molecular flexibility index (Phi) is 6.18. The number of aromatic nitrogens is 3. The number of aromatic amines is 1. The molecule has 7 heteroatoms. The van der Waals surface area contributed by atoms with E-state index in [9.17, 15) is 9.59 Å². The van der Waals surface area contributed by atoms with Gasteiger partial charge < -0.3 is 4.74 Å². The van der Waals surface area contributed by atoms with Gasteiger partial charge in [0.25, 0.3) is 0 Å². The summed E-state index contributed by atoms with van der Waals surface area (Å²) in [7, 11) is 1.62. The lowest BCUT2D eigenvalue weighted by atomic mass is 10.0. The van der Waals surface area contributed by atoms with Crippen LogP contribution in [0.1, 0.15) is 27.9 Å². The fourth-order valence-electron chi connectivity index (χ4n) is 2.31. The number of Topliss-reactive ketones (excluding diaryl/α,β-unsaturated/α-hetero) is 1. The van der Waals surface area contributed by atoms with E-state index >= 15 is 0 Å². The minimum absolute atomic E-state index is 0.0337. The Labute approximate surface area is 139 Å². The number of methoxy groups -OCH3 is 1. The second-order valence-electron chi connectivity index (χ2n) is 5.34. The van der Waals surface area contributed by atoms with Crippen molar-refractivity contribution in [2.45, 2.75) is 32.0 Å². The second-order valence-corrected chi connectivity index (χ2v) is 6.28. The van der Waals surface area contributed by atoms with Gasteiger partial charge in [0.05, 0.1) is 5.75 Å². The Balaban J connectivity index is 2.03. The molecule has 2 aromatic rings. The number of aryl methyl sites for hydroxylation is 2. The average molecular weight is 335 g/mol. The molecule has 1 aromatic heterocycles. The van der Waals surface area contributed by atoms with Gasteiger partial charge in [-0.2, -0.15) is 0 Å². The molecule has 2 rings (SSSR count). The van der Waals surface area contributed by atoms with Gasteiger partial charge in [0.2, 0.25) is 0 Å². The van der Waals surface area contributed by atoms with E-state index in [-0.39, 0.29) is 17.2 Å². The molecule has 1 N–H and O–H groups in total. The molecule has 0 aliphatic carbocycles. The summed E-state index contributed by atoms with van der Waals surface area (Å²) in [5.41, 5.74) is 2.55. The van der Waals surface area contributed by atoms with Crippen molar-refractivity contribution in [1.82, 2.24) is 14.8 Å². The number of H-pyrrole nitrogens is 1. The number of thioether (sulfide) groups is 1. The SMILES string of the molecule is COCCCn1c(SCC(=O)c2ccc(C)cc2C)n[nH]c1=O. The monoisotopic (exact) mass is 335 g/mol. The van der Waals surface area contributed by atoms with Crippen molar-refractivity contribution in [3.05, 3.63) is 45.4 Å². The standard InChI is InChI=1S/C16H21N3O3S/c1-11-5-6-13(12(2)9-11)14(20)10-23-16-18-17-15(21)19(16)7-4-8-22-3/h5-6,9H,4,7-8,10H2,1-3H3,(H,17,21). The summed E-state index contributed by atoms with van der Waals surface area (Å²) >= 11 is 1.27. The second kappa shape index (κ2) is 8.12. The zero-order valence-electron chi connectivity index (χ0n) is 13.6. The van der Waals surface area contributed by atoms with Crippen LogP contribution < -0.4 is 5.69 Å². The molecule has 0 aliphatic heterocycles.